The number of hydrogen-bond donors (Lipinski definition) is 0. The van der Waals surface area contributed by atoms with Crippen molar-refractivity contribution in [2.24, 2.45) is 0 Å². The minimum absolute atomic E-state index is 0. The van der Waals surface area contributed by atoms with Crippen molar-refractivity contribution < 1.29 is 164 Å². The van der Waals surface area contributed by atoms with Gasteiger partial charge in [-0.2, -0.15) is 0 Å². The molecule has 0 N–H and O–H groups in total. The van der Waals surface area contributed by atoms with Crippen molar-refractivity contribution in [1.29, 1.82) is 0 Å². The Balaban J connectivity index is -0.000000127. The molecule has 3 aromatic carbocycles. The van der Waals surface area contributed by atoms with Crippen LogP contribution in [0.3, 0.4) is 0 Å². The zero-order chi connectivity index (χ0) is 20.5. The molecule has 0 saturated heterocycles. The molecule has 0 aromatic heterocycles. The van der Waals surface area contributed by atoms with Gasteiger partial charge in [0.2, 0.25) is 0 Å². The van der Waals surface area contributed by atoms with E-state index in [1.807, 2.05) is 13.8 Å². The van der Waals surface area contributed by atoms with Crippen LogP contribution in [0.1, 0.15) is 76.6 Å². The fraction of sp³-hybridized carbons (Fsp3) is 0.333. The molecule has 2 aliphatic rings. The van der Waals surface area contributed by atoms with Crippen LogP contribution in [0.4, 0.5) is 0 Å². The Labute approximate surface area is 344 Å². The largest absolute Gasteiger partial charge is 0.358 e. The number of hydrogen-bond acceptors (Lipinski definition) is 0. The van der Waals surface area contributed by atoms with E-state index in [0.29, 0.717) is 0 Å². The van der Waals surface area contributed by atoms with Gasteiger partial charge in [0.1, 0.15) is 0 Å². The summed E-state index contributed by atoms with van der Waals surface area (Å²) in [5.74, 6) is 0. The molecular formula is C30H42Y5-2. The average Bonchev–Trinajstić information content (AvgIpc) is 3.28. The smallest absolute Gasteiger partial charge is 0 e. The normalized spacial score (nSPS) is 8.97. The molecule has 5 heteroatoms. The summed E-state index contributed by atoms with van der Waals surface area (Å²) in [6, 6.07) is 22.3. The van der Waals surface area contributed by atoms with E-state index in [-0.39, 0.29) is 178 Å². The molecule has 0 unspecified atom stereocenters. The molecule has 0 heterocycles. The van der Waals surface area contributed by atoms with Gasteiger partial charge in [0, 0.05) is 164 Å². The maximum atomic E-state index is 2.33. The molecule has 0 saturated carbocycles. The fourth-order valence-electron chi connectivity index (χ4n) is 3.87. The van der Waals surface area contributed by atoms with E-state index in [4.69, 9.17) is 0 Å². The summed E-state index contributed by atoms with van der Waals surface area (Å²) in [7, 11) is 0. The second-order valence-corrected chi connectivity index (χ2v) is 7.21. The second-order valence-electron chi connectivity index (χ2n) is 7.21. The monoisotopic (exact) mass is 847 g/mol. The van der Waals surface area contributed by atoms with Crippen LogP contribution in [0.2, 0.25) is 0 Å². The summed E-state index contributed by atoms with van der Waals surface area (Å²) in [6.07, 6.45) is 4.68. The maximum absolute atomic E-state index is 2.33. The first kappa shape index (κ1) is 51.0. The second kappa shape index (κ2) is 28.7. The predicted octanol–water partition coefficient (Wildman–Crippen LogP) is 9.58. The predicted molar refractivity (Wildman–Crippen MR) is 139 cm³/mol. The van der Waals surface area contributed by atoms with Crippen LogP contribution < -0.4 is 0 Å². The van der Waals surface area contributed by atoms with Gasteiger partial charge in [0.25, 0.3) is 0 Å². The first-order chi connectivity index (χ1) is 13.7. The van der Waals surface area contributed by atoms with Gasteiger partial charge in [0.05, 0.1) is 0 Å². The summed E-state index contributed by atoms with van der Waals surface area (Å²) in [4.78, 5) is 0. The molecule has 5 radical (unpaired) electrons. The molecule has 0 spiro atoms. The van der Waals surface area contributed by atoms with E-state index in [1.165, 1.54) is 57.3 Å². The van der Waals surface area contributed by atoms with E-state index in [2.05, 4.69) is 88.4 Å². The molecule has 0 nitrogen and oxygen atoms in total. The van der Waals surface area contributed by atoms with Crippen LogP contribution in [-0.4, -0.2) is 0 Å². The topological polar surface area (TPSA) is 0 Å². The molecule has 2 aliphatic carbocycles. The summed E-state index contributed by atoms with van der Waals surface area (Å²) >= 11 is 0. The van der Waals surface area contributed by atoms with Crippen molar-refractivity contribution in [2.75, 3.05) is 0 Å². The summed E-state index contributed by atoms with van der Waals surface area (Å²) in [6.45, 7) is 12.5. The fourth-order valence-corrected chi connectivity index (χ4v) is 3.87. The van der Waals surface area contributed by atoms with Gasteiger partial charge < -0.3 is 14.9 Å². The zero-order valence-corrected chi connectivity index (χ0v) is 37.7. The van der Waals surface area contributed by atoms with Gasteiger partial charge in [-0.15, -0.1) is 0 Å². The molecule has 5 rings (SSSR count). The van der Waals surface area contributed by atoms with E-state index in [1.54, 1.807) is 0 Å². The zero-order valence-electron chi connectivity index (χ0n) is 23.5. The van der Waals surface area contributed by atoms with Crippen molar-refractivity contribution in [3.63, 3.8) is 0 Å². The van der Waals surface area contributed by atoms with E-state index < -0.39 is 0 Å². The SMILES string of the molecule is CC.CCC.CCC.[CH3-].[CH3-].[Y].[Y].[Y].[Y].[Y].c1ccc2c(c1)Cc1c-2ccc2c1-c1ccccc1C2. The standard InChI is InChI=1S/C20H14.2C3H8.C2H6.2CH3.5Y/c1-3-7-16-14(6-1)12-19-18(16)10-9-15-11-13-5-2-4-8-17(13)20(15)19;2*1-3-2;1-2;;;;;;;/h1-10H,11-12H2;2*3H2,1-2H3;1-2H3;2*1H3;;;;;/q;;;;2*-1;;;;;. The van der Waals surface area contributed by atoms with Crippen LogP contribution in [0.5, 0.6) is 0 Å². The molecule has 35 heavy (non-hydrogen) atoms. The molecule has 0 fully saturated rings. The molecule has 0 amide bonds. The summed E-state index contributed by atoms with van der Waals surface area (Å²) in [5.41, 5.74) is 11.8. The van der Waals surface area contributed by atoms with E-state index in [9.17, 15) is 0 Å². The van der Waals surface area contributed by atoms with Crippen molar-refractivity contribution in [3.8, 4) is 22.3 Å². The minimum atomic E-state index is 0. The molecule has 0 atom stereocenters. The first-order valence-electron chi connectivity index (χ1n) is 11.1. The van der Waals surface area contributed by atoms with Gasteiger partial charge in [0.15, 0.2) is 0 Å². The Morgan fingerprint density at radius 3 is 1.37 bits per heavy atom. The Kier molecular flexibility index (Phi) is 41.8. The molecule has 0 bridgehead atoms. The average molecular weight is 847 g/mol. The van der Waals surface area contributed by atoms with Crippen molar-refractivity contribution in [2.45, 2.75) is 67.2 Å². The Hall–Kier alpha value is 3.18. The Morgan fingerprint density at radius 2 is 0.886 bits per heavy atom. The van der Waals surface area contributed by atoms with Crippen LogP contribution >= 0.6 is 0 Å². The van der Waals surface area contributed by atoms with E-state index in [0.717, 1.165) is 12.8 Å². The Morgan fingerprint density at radius 1 is 0.486 bits per heavy atom. The number of benzene rings is 3. The summed E-state index contributed by atoms with van der Waals surface area (Å²) < 4.78 is 0. The van der Waals surface area contributed by atoms with Crippen LogP contribution in [-0.2, 0) is 176 Å². The van der Waals surface area contributed by atoms with Gasteiger partial charge in [-0.25, -0.2) is 0 Å². The Bertz CT molecular complexity index is 905. The van der Waals surface area contributed by atoms with Crippen molar-refractivity contribution in [1.82, 2.24) is 0 Å². The van der Waals surface area contributed by atoms with Crippen molar-refractivity contribution >= 4 is 0 Å². The maximum Gasteiger partial charge on any atom is 0 e. The van der Waals surface area contributed by atoms with Crippen LogP contribution in [0, 0.1) is 14.9 Å². The van der Waals surface area contributed by atoms with E-state index >= 15 is 0 Å². The molecule has 3 aromatic rings. The number of rotatable bonds is 0. The quantitative estimate of drug-likeness (QED) is 0.136. The third-order valence-electron chi connectivity index (χ3n) is 4.74. The number of fused-ring (bicyclic) bond motifs is 7. The van der Waals surface area contributed by atoms with Crippen molar-refractivity contribution in [3.05, 3.63) is 97.8 Å². The first-order valence-corrected chi connectivity index (χ1v) is 11.1. The molecule has 179 valence electrons. The summed E-state index contributed by atoms with van der Waals surface area (Å²) in [5, 5.41) is 0. The van der Waals surface area contributed by atoms with Gasteiger partial charge in [-0.05, 0) is 57.3 Å². The minimum Gasteiger partial charge on any atom is -0.358 e. The van der Waals surface area contributed by atoms with Crippen LogP contribution in [0.25, 0.3) is 22.3 Å². The third kappa shape index (κ3) is 13.6. The molecular weight excluding hydrogens is 805 g/mol. The van der Waals surface area contributed by atoms with Crippen LogP contribution in [0.15, 0.2) is 60.7 Å². The van der Waals surface area contributed by atoms with Gasteiger partial charge >= 0.3 is 0 Å². The third-order valence-corrected chi connectivity index (χ3v) is 4.74. The van der Waals surface area contributed by atoms with Gasteiger partial charge in [-0.3, -0.25) is 0 Å². The van der Waals surface area contributed by atoms with Gasteiger partial charge in [-0.1, -0.05) is 115 Å². The molecule has 0 aliphatic heterocycles.